The molecule has 0 saturated carbocycles. The van der Waals surface area contributed by atoms with E-state index in [4.69, 9.17) is 20.8 Å². The Kier molecular flexibility index (Phi) is 4.92. The largest absolute Gasteiger partial charge is 0.495 e. The Labute approximate surface area is 166 Å². The Morgan fingerprint density at radius 2 is 2.12 bits per heavy atom. The number of methoxy groups -OCH3 is 1. The average molecular weight is 410 g/mol. The van der Waals surface area contributed by atoms with Crippen molar-refractivity contribution < 1.29 is 13.9 Å². The number of amides is 1. The number of hydrogen-bond donors (Lipinski definition) is 1. The van der Waals surface area contributed by atoms with Crippen LogP contribution in [0.25, 0.3) is 0 Å². The minimum Gasteiger partial charge on any atom is -0.495 e. The predicted octanol–water partition coefficient (Wildman–Crippen LogP) is 5.47. The van der Waals surface area contributed by atoms with Crippen LogP contribution in [0.4, 0.5) is 5.69 Å². The molecule has 2 heterocycles. The minimum absolute atomic E-state index is 0.0629. The lowest BCUT2D eigenvalue weighted by molar-refractivity contribution is 0.0993. The second-order valence-corrected chi connectivity index (χ2v) is 9.94. The summed E-state index contributed by atoms with van der Waals surface area (Å²) in [6.07, 6.45) is 3.13. The predicted molar refractivity (Wildman–Crippen MR) is 109 cm³/mol. The van der Waals surface area contributed by atoms with Crippen LogP contribution in [0.1, 0.15) is 40.3 Å². The molecule has 1 aliphatic heterocycles. The monoisotopic (exact) mass is 409 g/mol. The van der Waals surface area contributed by atoms with E-state index in [-0.39, 0.29) is 9.99 Å². The van der Waals surface area contributed by atoms with Crippen LogP contribution in [-0.2, 0) is 10.5 Å². The van der Waals surface area contributed by atoms with Gasteiger partial charge in [0.25, 0.3) is 5.91 Å². The SMILES string of the molecule is COc1ccc(Cl)cc1NC(=O)c1oc2c(c1C)C1(CCC2)SCCS1. The molecule has 1 spiro atoms. The summed E-state index contributed by atoms with van der Waals surface area (Å²) in [5.74, 6) is 3.97. The van der Waals surface area contributed by atoms with Crippen LogP contribution in [0.2, 0.25) is 5.02 Å². The van der Waals surface area contributed by atoms with E-state index in [1.165, 1.54) is 5.56 Å². The molecule has 1 aromatic carbocycles. The van der Waals surface area contributed by atoms with Crippen molar-refractivity contribution in [2.45, 2.75) is 30.3 Å². The molecule has 2 aliphatic rings. The van der Waals surface area contributed by atoms with Crippen molar-refractivity contribution in [2.75, 3.05) is 23.9 Å². The third kappa shape index (κ3) is 3.02. The van der Waals surface area contributed by atoms with Gasteiger partial charge in [-0.15, -0.1) is 23.5 Å². The number of carbonyl (C=O) groups excluding carboxylic acids is 1. The van der Waals surface area contributed by atoms with E-state index in [0.29, 0.717) is 22.2 Å². The molecule has 1 N–H and O–H groups in total. The first-order chi connectivity index (χ1) is 12.5. The van der Waals surface area contributed by atoms with E-state index in [1.807, 2.05) is 30.4 Å². The zero-order valence-electron chi connectivity index (χ0n) is 14.7. The molecule has 0 bridgehead atoms. The molecular weight excluding hydrogens is 390 g/mol. The highest BCUT2D eigenvalue weighted by molar-refractivity contribution is 8.20. The summed E-state index contributed by atoms with van der Waals surface area (Å²) in [4.78, 5) is 12.9. The van der Waals surface area contributed by atoms with Crippen LogP contribution in [0.3, 0.4) is 0 Å². The molecule has 1 aliphatic carbocycles. The molecule has 26 heavy (non-hydrogen) atoms. The van der Waals surface area contributed by atoms with Crippen molar-refractivity contribution in [1.29, 1.82) is 0 Å². The molecule has 4 rings (SSSR count). The smallest absolute Gasteiger partial charge is 0.291 e. The van der Waals surface area contributed by atoms with Crippen molar-refractivity contribution in [1.82, 2.24) is 0 Å². The van der Waals surface area contributed by atoms with Crippen molar-refractivity contribution in [3.63, 3.8) is 0 Å². The minimum atomic E-state index is -0.263. The molecule has 1 saturated heterocycles. The third-order valence-corrected chi connectivity index (χ3v) is 8.65. The fraction of sp³-hybridized carbons (Fsp3) is 0.421. The second-order valence-electron chi connectivity index (χ2n) is 6.46. The number of benzene rings is 1. The molecule has 1 fully saturated rings. The zero-order valence-corrected chi connectivity index (χ0v) is 17.1. The van der Waals surface area contributed by atoms with Gasteiger partial charge in [0, 0.05) is 34.1 Å². The number of thioether (sulfide) groups is 2. The number of carbonyl (C=O) groups is 1. The first kappa shape index (κ1) is 18.1. The van der Waals surface area contributed by atoms with Gasteiger partial charge in [-0.3, -0.25) is 4.79 Å². The van der Waals surface area contributed by atoms with Crippen molar-refractivity contribution >= 4 is 46.7 Å². The molecule has 1 aromatic heterocycles. The van der Waals surface area contributed by atoms with Crippen LogP contribution in [0, 0.1) is 6.92 Å². The Hall–Kier alpha value is -1.24. The number of halogens is 1. The van der Waals surface area contributed by atoms with Crippen LogP contribution >= 0.6 is 35.1 Å². The molecule has 7 heteroatoms. The molecule has 2 aromatic rings. The summed E-state index contributed by atoms with van der Waals surface area (Å²) in [6, 6.07) is 5.14. The summed E-state index contributed by atoms with van der Waals surface area (Å²) in [5.41, 5.74) is 2.73. The van der Waals surface area contributed by atoms with Crippen molar-refractivity contribution in [3.05, 3.63) is 45.9 Å². The van der Waals surface area contributed by atoms with Gasteiger partial charge in [-0.25, -0.2) is 0 Å². The van der Waals surface area contributed by atoms with E-state index in [1.54, 1.807) is 25.3 Å². The van der Waals surface area contributed by atoms with Gasteiger partial charge in [0.05, 0.1) is 16.9 Å². The summed E-state index contributed by atoms with van der Waals surface area (Å²) >= 11 is 10.0. The molecule has 0 atom stereocenters. The van der Waals surface area contributed by atoms with E-state index < -0.39 is 0 Å². The maximum Gasteiger partial charge on any atom is 0.291 e. The van der Waals surface area contributed by atoms with Crippen LogP contribution < -0.4 is 10.1 Å². The Morgan fingerprint density at radius 1 is 1.35 bits per heavy atom. The van der Waals surface area contributed by atoms with Gasteiger partial charge in [0.2, 0.25) is 0 Å². The molecule has 1 amide bonds. The van der Waals surface area contributed by atoms with Crippen LogP contribution in [-0.4, -0.2) is 24.5 Å². The van der Waals surface area contributed by atoms with E-state index >= 15 is 0 Å². The normalized spacial score (nSPS) is 18.0. The summed E-state index contributed by atoms with van der Waals surface area (Å²) in [5, 5.41) is 3.43. The van der Waals surface area contributed by atoms with Gasteiger partial charge in [-0.1, -0.05) is 11.6 Å². The number of nitrogens with one attached hydrogen (secondary N) is 1. The Morgan fingerprint density at radius 3 is 2.85 bits per heavy atom. The summed E-state index contributed by atoms with van der Waals surface area (Å²) in [6.45, 7) is 2.00. The molecule has 0 radical (unpaired) electrons. The first-order valence-corrected chi connectivity index (χ1v) is 10.9. The van der Waals surface area contributed by atoms with Gasteiger partial charge >= 0.3 is 0 Å². The number of hydrogen-bond acceptors (Lipinski definition) is 5. The zero-order chi connectivity index (χ0) is 18.3. The average Bonchev–Trinajstić information content (AvgIpc) is 3.21. The van der Waals surface area contributed by atoms with Gasteiger partial charge in [0.1, 0.15) is 11.5 Å². The second kappa shape index (κ2) is 7.06. The highest BCUT2D eigenvalue weighted by atomic mass is 35.5. The number of aryl methyl sites for hydroxylation is 1. The van der Waals surface area contributed by atoms with Crippen molar-refractivity contribution in [2.24, 2.45) is 0 Å². The molecule has 138 valence electrons. The van der Waals surface area contributed by atoms with Gasteiger partial charge in [0.15, 0.2) is 5.76 Å². The maximum atomic E-state index is 12.9. The Bertz CT molecular complexity index is 859. The highest BCUT2D eigenvalue weighted by Crippen LogP contribution is 2.59. The molecule has 0 unspecified atom stereocenters. The standard InChI is InChI=1S/C19H20ClNO3S2/c1-11-16-15(4-3-7-19(16)25-8-9-26-19)24-17(11)18(22)21-13-10-12(20)5-6-14(13)23-2/h5-6,10H,3-4,7-9H2,1-2H3,(H,21,22). The fourth-order valence-corrected chi connectivity index (χ4v) is 7.50. The van der Waals surface area contributed by atoms with Crippen LogP contribution in [0.15, 0.2) is 22.6 Å². The van der Waals surface area contributed by atoms with E-state index in [2.05, 4.69) is 5.32 Å². The van der Waals surface area contributed by atoms with Gasteiger partial charge in [-0.2, -0.15) is 0 Å². The highest BCUT2D eigenvalue weighted by Gasteiger charge is 2.45. The number of anilines is 1. The number of furan rings is 1. The first-order valence-electron chi connectivity index (χ1n) is 8.59. The van der Waals surface area contributed by atoms with E-state index in [0.717, 1.165) is 42.1 Å². The molecule has 4 nitrogen and oxygen atoms in total. The lowest BCUT2D eigenvalue weighted by Crippen LogP contribution is -2.21. The fourth-order valence-electron chi connectivity index (χ4n) is 3.77. The summed E-state index contributed by atoms with van der Waals surface area (Å²) < 4.78 is 11.4. The quantitative estimate of drug-likeness (QED) is 0.728. The number of rotatable bonds is 3. The van der Waals surface area contributed by atoms with Crippen LogP contribution in [0.5, 0.6) is 5.75 Å². The maximum absolute atomic E-state index is 12.9. The summed E-state index contributed by atoms with van der Waals surface area (Å²) in [7, 11) is 1.56. The van der Waals surface area contributed by atoms with E-state index in [9.17, 15) is 4.79 Å². The van der Waals surface area contributed by atoms with Gasteiger partial charge in [-0.05, 0) is 38.0 Å². The Balaban J connectivity index is 1.68. The van der Waals surface area contributed by atoms with Crippen molar-refractivity contribution in [3.8, 4) is 5.75 Å². The number of fused-ring (bicyclic) bond motifs is 2. The third-order valence-electron chi connectivity index (χ3n) is 4.88. The lowest BCUT2D eigenvalue weighted by Gasteiger charge is -2.31. The number of ether oxygens (including phenoxy) is 1. The molecular formula is C19H20ClNO3S2. The van der Waals surface area contributed by atoms with Gasteiger partial charge < -0.3 is 14.5 Å². The topological polar surface area (TPSA) is 51.5 Å². The lowest BCUT2D eigenvalue weighted by atomic mass is 9.94.